The molecule has 17 heavy (non-hydrogen) atoms. The van der Waals surface area contributed by atoms with E-state index in [9.17, 15) is 4.79 Å². The second kappa shape index (κ2) is 5.79. The van der Waals surface area contributed by atoms with Crippen molar-refractivity contribution in [2.24, 2.45) is 0 Å². The van der Waals surface area contributed by atoms with Crippen molar-refractivity contribution in [2.45, 2.75) is 0 Å². The van der Waals surface area contributed by atoms with Crippen LogP contribution >= 0.6 is 0 Å². The lowest BCUT2D eigenvalue weighted by molar-refractivity contribution is -0.103. The fourth-order valence-corrected chi connectivity index (χ4v) is 1.42. The molecule has 0 fully saturated rings. The van der Waals surface area contributed by atoms with E-state index in [1.165, 1.54) is 21.3 Å². The third-order valence-electron chi connectivity index (χ3n) is 2.26. The molecule has 0 spiro atoms. The highest BCUT2D eigenvalue weighted by Crippen LogP contribution is 2.39. The summed E-state index contributed by atoms with van der Waals surface area (Å²) in [4.78, 5) is 10.7. The minimum absolute atomic E-state index is 0.129. The molecule has 1 aromatic rings. The van der Waals surface area contributed by atoms with Gasteiger partial charge in [-0.2, -0.15) is 0 Å². The van der Waals surface area contributed by atoms with Gasteiger partial charge in [0.2, 0.25) is 5.75 Å². The van der Waals surface area contributed by atoms with Gasteiger partial charge in [-0.05, 0) is 17.7 Å². The van der Waals surface area contributed by atoms with Crippen LogP contribution in [0.15, 0.2) is 18.4 Å². The number of aliphatic hydroxyl groups is 1. The zero-order valence-corrected chi connectivity index (χ0v) is 9.89. The highest BCUT2D eigenvalue weighted by atomic mass is 16.5. The number of benzene rings is 1. The normalized spacial score (nSPS) is 10.9. The Morgan fingerprint density at radius 1 is 1.12 bits per heavy atom. The van der Waals surface area contributed by atoms with Crippen molar-refractivity contribution in [2.75, 3.05) is 21.3 Å². The van der Waals surface area contributed by atoms with Gasteiger partial charge in [0, 0.05) is 0 Å². The maximum absolute atomic E-state index is 10.7. The maximum atomic E-state index is 10.7. The van der Waals surface area contributed by atoms with Crippen molar-refractivity contribution >= 4 is 11.9 Å². The fourth-order valence-electron chi connectivity index (χ4n) is 1.42. The van der Waals surface area contributed by atoms with Crippen molar-refractivity contribution in [3.63, 3.8) is 0 Å². The highest BCUT2D eigenvalue weighted by Gasteiger charge is 2.14. The summed E-state index contributed by atoms with van der Waals surface area (Å²) in [5, 5.41) is 8.93. The average Bonchev–Trinajstić information content (AvgIpc) is 2.38. The fraction of sp³-hybridized carbons (Fsp3) is 0.250. The van der Waals surface area contributed by atoms with Crippen LogP contribution in [0.25, 0.3) is 5.57 Å². The van der Waals surface area contributed by atoms with E-state index in [-0.39, 0.29) is 5.57 Å². The summed E-state index contributed by atoms with van der Waals surface area (Å²) < 4.78 is 15.4. The van der Waals surface area contributed by atoms with E-state index in [1.807, 2.05) is 0 Å². The van der Waals surface area contributed by atoms with Crippen LogP contribution in [0.4, 0.5) is 0 Å². The first-order chi connectivity index (χ1) is 8.21. The second-order valence-corrected chi connectivity index (χ2v) is 3.12. The molecule has 0 atom stereocenters. The number of hydrogen-bond donors (Lipinski definition) is 1. The summed E-state index contributed by atoms with van der Waals surface area (Å²) in [5.74, 6) is 1.27. The molecule has 1 rings (SSSR count). The van der Waals surface area contributed by atoms with E-state index in [0.29, 0.717) is 29.1 Å². The number of allylic oxidation sites excluding steroid dienone is 1. The Balaban J connectivity index is 3.41. The molecule has 5 heteroatoms. The van der Waals surface area contributed by atoms with Gasteiger partial charge in [0.05, 0.1) is 33.2 Å². The number of hydrogen-bond acceptors (Lipinski definition) is 5. The molecule has 1 aromatic carbocycles. The van der Waals surface area contributed by atoms with Crippen molar-refractivity contribution < 1.29 is 24.1 Å². The Bertz CT molecular complexity index is 412. The van der Waals surface area contributed by atoms with Crippen molar-refractivity contribution in [3.05, 3.63) is 24.0 Å². The monoisotopic (exact) mass is 238 g/mol. The molecule has 0 saturated carbocycles. The molecule has 0 amide bonds. The minimum atomic E-state index is 0.129. The van der Waals surface area contributed by atoms with E-state index < -0.39 is 0 Å². The number of ether oxygens (including phenoxy) is 3. The number of carbonyl (C=O) groups is 1. The van der Waals surface area contributed by atoms with Crippen LogP contribution in [-0.2, 0) is 4.79 Å². The predicted octanol–water partition coefficient (Wildman–Crippen LogP) is 1.81. The molecule has 0 aliphatic heterocycles. The lowest BCUT2D eigenvalue weighted by Gasteiger charge is -2.13. The minimum Gasteiger partial charge on any atom is -0.515 e. The average molecular weight is 238 g/mol. The lowest BCUT2D eigenvalue weighted by atomic mass is 10.1. The quantitative estimate of drug-likeness (QED) is 0.481. The Hall–Kier alpha value is -2.17. The van der Waals surface area contributed by atoms with E-state index in [0.717, 1.165) is 6.26 Å². The van der Waals surface area contributed by atoms with E-state index in [2.05, 4.69) is 0 Å². The van der Waals surface area contributed by atoms with Gasteiger partial charge in [0.15, 0.2) is 17.8 Å². The molecular weight excluding hydrogens is 224 g/mol. The van der Waals surface area contributed by atoms with Crippen LogP contribution < -0.4 is 14.2 Å². The molecule has 0 saturated heterocycles. The van der Waals surface area contributed by atoms with Gasteiger partial charge in [-0.3, -0.25) is 4.79 Å². The van der Waals surface area contributed by atoms with Gasteiger partial charge in [-0.25, -0.2) is 0 Å². The Morgan fingerprint density at radius 2 is 1.65 bits per heavy atom. The molecule has 5 nitrogen and oxygen atoms in total. The van der Waals surface area contributed by atoms with Crippen molar-refractivity contribution in [1.82, 2.24) is 0 Å². The number of aliphatic hydroxyl groups excluding tert-OH is 1. The van der Waals surface area contributed by atoms with Gasteiger partial charge in [0.1, 0.15) is 0 Å². The molecule has 0 aromatic heterocycles. The third-order valence-corrected chi connectivity index (χ3v) is 2.26. The first kappa shape index (κ1) is 12.9. The number of methoxy groups -OCH3 is 3. The Labute approximate surface area is 99.2 Å². The van der Waals surface area contributed by atoms with Crippen LogP contribution in [0.5, 0.6) is 17.2 Å². The summed E-state index contributed by atoms with van der Waals surface area (Å²) in [6.45, 7) is 0. The standard InChI is InChI=1S/C12H14O5/c1-15-10-4-8(9(6-13)7-14)5-11(16-2)12(10)17-3/h4-7,13H,1-3H3/b9-6+. The third kappa shape index (κ3) is 2.50. The molecule has 92 valence electrons. The number of aldehydes is 1. The summed E-state index contributed by atoms with van der Waals surface area (Å²) in [5.41, 5.74) is 0.612. The van der Waals surface area contributed by atoms with Gasteiger partial charge in [-0.15, -0.1) is 0 Å². The molecule has 0 heterocycles. The molecule has 0 bridgehead atoms. The van der Waals surface area contributed by atoms with Crippen molar-refractivity contribution in [1.29, 1.82) is 0 Å². The van der Waals surface area contributed by atoms with E-state index in [1.54, 1.807) is 12.1 Å². The maximum Gasteiger partial charge on any atom is 0.203 e. The Kier molecular flexibility index (Phi) is 4.39. The smallest absolute Gasteiger partial charge is 0.203 e. The molecule has 0 aliphatic carbocycles. The summed E-state index contributed by atoms with van der Waals surface area (Å²) in [6, 6.07) is 3.16. The summed E-state index contributed by atoms with van der Waals surface area (Å²) in [7, 11) is 4.44. The topological polar surface area (TPSA) is 65.0 Å². The largest absolute Gasteiger partial charge is 0.515 e. The molecule has 0 radical (unpaired) electrons. The molecule has 0 aliphatic rings. The van der Waals surface area contributed by atoms with Gasteiger partial charge in [-0.1, -0.05) is 0 Å². The SMILES string of the molecule is COc1cc(/C(C=O)=C/O)cc(OC)c1OC. The van der Waals surface area contributed by atoms with Crippen LogP contribution in [0, 0.1) is 0 Å². The van der Waals surface area contributed by atoms with E-state index in [4.69, 9.17) is 19.3 Å². The highest BCUT2D eigenvalue weighted by molar-refractivity contribution is 6.06. The lowest BCUT2D eigenvalue weighted by Crippen LogP contribution is -1.97. The molecule has 0 unspecified atom stereocenters. The number of carbonyl (C=O) groups excluding carboxylic acids is 1. The molecule has 1 N–H and O–H groups in total. The first-order valence-electron chi connectivity index (χ1n) is 4.81. The zero-order valence-electron chi connectivity index (χ0n) is 9.89. The van der Waals surface area contributed by atoms with E-state index >= 15 is 0 Å². The second-order valence-electron chi connectivity index (χ2n) is 3.12. The van der Waals surface area contributed by atoms with Gasteiger partial charge >= 0.3 is 0 Å². The number of rotatable bonds is 5. The van der Waals surface area contributed by atoms with Crippen LogP contribution in [0.2, 0.25) is 0 Å². The summed E-state index contributed by atoms with van der Waals surface area (Å²) >= 11 is 0. The predicted molar refractivity (Wildman–Crippen MR) is 62.8 cm³/mol. The summed E-state index contributed by atoms with van der Waals surface area (Å²) in [6.07, 6.45) is 1.27. The zero-order chi connectivity index (χ0) is 12.8. The van der Waals surface area contributed by atoms with Crippen molar-refractivity contribution in [3.8, 4) is 17.2 Å². The van der Waals surface area contributed by atoms with Gasteiger partial charge < -0.3 is 19.3 Å². The first-order valence-corrected chi connectivity index (χ1v) is 4.81. The Morgan fingerprint density at radius 3 is 1.94 bits per heavy atom. The molecular formula is C12H14O5. The van der Waals surface area contributed by atoms with Crippen LogP contribution in [0.3, 0.4) is 0 Å². The van der Waals surface area contributed by atoms with Gasteiger partial charge in [0.25, 0.3) is 0 Å². The van der Waals surface area contributed by atoms with Crippen LogP contribution in [-0.4, -0.2) is 32.7 Å². The van der Waals surface area contributed by atoms with Crippen LogP contribution in [0.1, 0.15) is 5.56 Å².